The summed E-state index contributed by atoms with van der Waals surface area (Å²) >= 11 is 0. The summed E-state index contributed by atoms with van der Waals surface area (Å²) in [5, 5.41) is 1.14. The van der Waals surface area contributed by atoms with Crippen molar-refractivity contribution in [3.8, 4) is 0 Å². The van der Waals surface area contributed by atoms with Crippen molar-refractivity contribution in [3.05, 3.63) is 36.5 Å². The monoisotopic (exact) mass is 367 g/mol. The fourth-order valence-corrected chi connectivity index (χ4v) is 3.84. The molecule has 0 N–H and O–H groups in total. The average molecular weight is 367 g/mol. The SMILES string of the molecule is CCCCCC(C(C)=O)C(=O)N1CCN(c2ccnc3ccccc23)CC1. The van der Waals surface area contributed by atoms with Crippen LogP contribution in [0.1, 0.15) is 39.5 Å². The van der Waals surface area contributed by atoms with Gasteiger partial charge in [0.15, 0.2) is 0 Å². The summed E-state index contributed by atoms with van der Waals surface area (Å²) < 4.78 is 0. The Morgan fingerprint density at radius 2 is 1.81 bits per heavy atom. The molecule has 0 spiro atoms. The van der Waals surface area contributed by atoms with E-state index in [1.165, 1.54) is 5.69 Å². The molecule has 3 rings (SSSR count). The molecule has 2 heterocycles. The number of benzene rings is 1. The summed E-state index contributed by atoms with van der Waals surface area (Å²) in [6.07, 6.45) is 5.62. The number of ketones is 1. The second-order valence-corrected chi connectivity index (χ2v) is 7.32. The maximum absolute atomic E-state index is 12.9. The number of carbonyl (C=O) groups is 2. The van der Waals surface area contributed by atoms with Crippen LogP contribution in [0.15, 0.2) is 36.5 Å². The van der Waals surface area contributed by atoms with Gasteiger partial charge in [-0.1, -0.05) is 44.4 Å². The first kappa shape index (κ1) is 19.3. The van der Waals surface area contributed by atoms with Crippen LogP contribution in [0, 0.1) is 5.92 Å². The van der Waals surface area contributed by atoms with Crippen LogP contribution < -0.4 is 4.90 Å². The lowest BCUT2D eigenvalue weighted by molar-refractivity contribution is -0.141. The van der Waals surface area contributed by atoms with Gasteiger partial charge in [-0.2, -0.15) is 0 Å². The Hall–Kier alpha value is -2.43. The van der Waals surface area contributed by atoms with Crippen molar-refractivity contribution < 1.29 is 9.59 Å². The third kappa shape index (κ3) is 4.46. The first-order valence-corrected chi connectivity index (χ1v) is 9.99. The van der Waals surface area contributed by atoms with E-state index < -0.39 is 5.92 Å². The molecule has 5 nitrogen and oxygen atoms in total. The number of hydrogen-bond acceptors (Lipinski definition) is 4. The number of Topliss-reactive ketones (excluding diaryl/α,β-unsaturated/α-hetero) is 1. The lowest BCUT2D eigenvalue weighted by Crippen LogP contribution is -2.51. The Balaban J connectivity index is 1.65. The van der Waals surface area contributed by atoms with E-state index in [0.29, 0.717) is 19.5 Å². The Kier molecular flexibility index (Phi) is 6.43. The van der Waals surface area contributed by atoms with Crippen LogP contribution in [0.4, 0.5) is 5.69 Å². The molecule has 1 aliphatic heterocycles. The van der Waals surface area contributed by atoms with Gasteiger partial charge in [0.1, 0.15) is 5.78 Å². The van der Waals surface area contributed by atoms with Crippen LogP contribution in [0.3, 0.4) is 0 Å². The molecule has 27 heavy (non-hydrogen) atoms. The molecule has 0 saturated carbocycles. The first-order valence-electron chi connectivity index (χ1n) is 9.99. The summed E-state index contributed by atoms with van der Waals surface area (Å²) in [7, 11) is 0. The zero-order valence-corrected chi connectivity index (χ0v) is 16.4. The first-order chi connectivity index (χ1) is 13.1. The van der Waals surface area contributed by atoms with E-state index in [-0.39, 0.29) is 11.7 Å². The van der Waals surface area contributed by atoms with Crippen molar-refractivity contribution in [2.75, 3.05) is 31.1 Å². The third-order valence-corrected chi connectivity index (χ3v) is 5.44. The van der Waals surface area contributed by atoms with E-state index in [4.69, 9.17) is 0 Å². The number of pyridine rings is 1. The standard InChI is InChI=1S/C22H29N3O2/c1-3-4-5-8-18(17(2)26)22(27)25-15-13-24(14-16-25)21-11-12-23-20-10-7-6-9-19(20)21/h6-7,9-12,18H,3-5,8,13-16H2,1-2H3. The number of para-hydroxylation sites is 1. The highest BCUT2D eigenvalue weighted by molar-refractivity contribution is 6.00. The zero-order chi connectivity index (χ0) is 19.2. The minimum Gasteiger partial charge on any atom is -0.367 e. The minimum absolute atomic E-state index is 0.00124. The topological polar surface area (TPSA) is 53.5 Å². The number of anilines is 1. The second kappa shape index (κ2) is 8.98. The summed E-state index contributed by atoms with van der Waals surface area (Å²) in [5.74, 6) is -0.457. The predicted molar refractivity (Wildman–Crippen MR) is 109 cm³/mol. The van der Waals surface area contributed by atoms with Gasteiger partial charge in [0, 0.05) is 43.4 Å². The second-order valence-electron chi connectivity index (χ2n) is 7.32. The van der Waals surface area contributed by atoms with E-state index in [1.54, 1.807) is 6.92 Å². The van der Waals surface area contributed by atoms with Crippen molar-refractivity contribution >= 4 is 28.3 Å². The maximum Gasteiger partial charge on any atom is 0.233 e. The number of piperazine rings is 1. The van der Waals surface area contributed by atoms with Gasteiger partial charge in [-0.05, 0) is 25.5 Å². The molecule has 1 fully saturated rings. The predicted octanol–water partition coefficient (Wildman–Crippen LogP) is 3.67. The molecule has 1 saturated heterocycles. The van der Waals surface area contributed by atoms with Crippen molar-refractivity contribution in [2.24, 2.45) is 5.92 Å². The highest BCUT2D eigenvalue weighted by Crippen LogP contribution is 2.26. The fourth-order valence-electron chi connectivity index (χ4n) is 3.84. The molecule has 1 amide bonds. The molecular formula is C22H29N3O2. The van der Waals surface area contributed by atoms with Crippen LogP contribution in [-0.4, -0.2) is 47.8 Å². The minimum atomic E-state index is -0.468. The van der Waals surface area contributed by atoms with Crippen molar-refractivity contribution in [2.45, 2.75) is 39.5 Å². The van der Waals surface area contributed by atoms with Gasteiger partial charge in [0.05, 0.1) is 11.4 Å². The molecule has 0 aliphatic carbocycles. The number of hydrogen-bond donors (Lipinski definition) is 0. The largest absolute Gasteiger partial charge is 0.367 e. The molecule has 5 heteroatoms. The fraction of sp³-hybridized carbons (Fsp3) is 0.500. The molecule has 1 aliphatic rings. The van der Waals surface area contributed by atoms with E-state index in [1.807, 2.05) is 35.4 Å². The lowest BCUT2D eigenvalue weighted by atomic mass is 9.95. The number of fused-ring (bicyclic) bond motifs is 1. The van der Waals surface area contributed by atoms with Gasteiger partial charge in [0.2, 0.25) is 5.91 Å². The number of amides is 1. The summed E-state index contributed by atoms with van der Waals surface area (Å²) in [6, 6.07) is 10.2. The molecule has 144 valence electrons. The Bertz CT molecular complexity index is 792. The highest BCUT2D eigenvalue weighted by Gasteiger charge is 2.30. The smallest absolute Gasteiger partial charge is 0.233 e. The normalized spacial score (nSPS) is 15.8. The Morgan fingerprint density at radius 3 is 2.52 bits per heavy atom. The van der Waals surface area contributed by atoms with Crippen LogP contribution in [-0.2, 0) is 9.59 Å². The number of nitrogens with zero attached hydrogens (tertiary/aromatic N) is 3. The summed E-state index contributed by atoms with van der Waals surface area (Å²) in [5.41, 5.74) is 2.15. The summed E-state index contributed by atoms with van der Waals surface area (Å²) in [6.45, 7) is 6.55. The van der Waals surface area contributed by atoms with Crippen LogP contribution in [0.5, 0.6) is 0 Å². The van der Waals surface area contributed by atoms with Crippen molar-refractivity contribution in [1.29, 1.82) is 0 Å². The van der Waals surface area contributed by atoms with Crippen molar-refractivity contribution in [1.82, 2.24) is 9.88 Å². The maximum atomic E-state index is 12.9. The Morgan fingerprint density at radius 1 is 1.07 bits per heavy atom. The Labute approximate surface area is 161 Å². The molecule has 1 aromatic carbocycles. The van der Waals surface area contributed by atoms with Crippen molar-refractivity contribution in [3.63, 3.8) is 0 Å². The molecular weight excluding hydrogens is 338 g/mol. The molecule has 1 unspecified atom stereocenters. The molecule has 0 radical (unpaired) electrons. The van der Waals surface area contributed by atoms with E-state index in [0.717, 1.165) is 43.3 Å². The van der Waals surface area contributed by atoms with Gasteiger partial charge < -0.3 is 9.80 Å². The zero-order valence-electron chi connectivity index (χ0n) is 16.4. The van der Waals surface area contributed by atoms with Gasteiger partial charge in [0.25, 0.3) is 0 Å². The van der Waals surface area contributed by atoms with Gasteiger partial charge in [-0.25, -0.2) is 0 Å². The molecule has 0 bridgehead atoms. The number of unbranched alkanes of at least 4 members (excludes halogenated alkanes) is 2. The van der Waals surface area contributed by atoms with Crippen LogP contribution in [0.25, 0.3) is 10.9 Å². The molecule has 2 aromatic rings. The van der Waals surface area contributed by atoms with Crippen LogP contribution >= 0.6 is 0 Å². The third-order valence-electron chi connectivity index (χ3n) is 5.44. The summed E-state index contributed by atoms with van der Waals surface area (Å²) in [4.78, 5) is 33.5. The molecule has 1 atom stereocenters. The van der Waals surface area contributed by atoms with Gasteiger partial charge in [-0.3, -0.25) is 14.6 Å². The lowest BCUT2D eigenvalue weighted by Gasteiger charge is -2.37. The quantitative estimate of drug-likeness (QED) is 0.553. The van der Waals surface area contributed by atoms with Gasteiger partial charge >= 0.3 is 0 Å². The number of carbonyl (C=O) groups excluding carboxylic acids is 2. The highest BCUT2D eigenvalue weighted by atomic mass is 16.2. The number of rotatable bonds is 7. The average Bonchev–Trinajstić information content (AvgIpc) is 2.70. The van der Waals surface area contributed by atoms with E-state index in [2.05, 4.69) is 22.9 Å². The van der Waals surface area contributed by atoms with E-state index in [9.17, 15) is 9.59 Å². The molecule has 1 aromatic heterocycles. The van der Waals surface area contributed by atoms with E-state index >= 15 is 0 Å². The van der Waals surface area contributed by atoms with Crippen LogP contribution in [0.2, 0.25) is 0 Å². The number of aromatic nitrogens is 1. The van der Waals surface area contributed by atoms with Gasteiger partial charge in [-0.15, -0.1) is 0 Å².